The van der Waals surface area contributed by atoms with Crippen LogP contribution in [0.15, 0.2) is 18.2 Å². The number of benzene rings is 1. The lowest BCUT2D eigenvalue weighted by molar-refractivity contribution is -0.118. The van der Waals surface area contributed by atoms with Gasteiger partial charge in [0.05, 0.1) is 22.9 Å². The summed E-state index contributed by atoms with van der Waals surface area (Å²) in [5, 5.41) is 14.7. The molecule has 1 aliphatic rings. The van der Waals surface area contributed by atoms with E-state index in [-0.39, 0.29) is 17.4 Å². The Hall–Kier alpha value is -2.04. The molecular weight excluding hydrogens is 208 g/mol. The minimum absolute atomic E-state index is 0.104. The fourth-order valence-corrected chi connectivity index (χ4v) is 1.61. The van der Waals surface area contributed by atoms with Gasteiger partial charge in [0.2, 0.25) is 5.91 Å². The molecule has 84 valence electrons. The van der Waals surface area contributed by atoms with Crippen LogP contribution in [-0.2, 0) is 4.79 Å². The molecule has 1 atom stereocenters. The molecule has 1 aromatic carbocycles. The number of hydrogen-bond donors (Lipinski definition) is 3. The smallest absolute Gasteiger partial charge is 0.337 e. The molecule has 0 fully saturated rings. The van der Waals surface area contributed by atoms with Gasteiger partial charge in [0, 0.05) is 6.54 Å². The van der Waals surface area contributed by atoms with Gasteiger partial charge in [-0.1, -0.05) is 13.0 Å². The van der Waals surface area contributed by atoms with Gasteiger partial charge in [-0.3, -0.25) is 4.79 Å². The zero-order valence-electron chi connectivity index (χ0n) is 8.78. The van der Waals surface area contributed by atoms with Crippen LogP contribution in [0, 0.1) is 5.92 Å². The third-order valence-electron chi connectivity index (χ3n) is 2.59. The Balaban J connectivity index is 2.50. The number of nitrogens with one attached hydrogen (secondary N) is 2. The van der Waals surface area contributed by atoms with E-state index >= 15 is 0 Å². The Labute approximate surface area is 92.5 Å². The lowest BCUT2D eigenvalue weighted by atomic mass is 10.1. The van der Waals surface area contributed by atoms with E-state index in [9.17, 15) is 9.59 Å². The number of aromatic carboxylic acids is 1. The molecule has 0 spiro atoms. The number of carboxylic acids is 1. The molecule has 5 nitrogen and oxygen atoms in total. The Morgan fingerprint density at radius 3 is 2.94 bits per heavy atom. The Bertz CT molecular complexity index is 457. The average molecular weight is 220 g/mol. The zero-order chi connectivity index (χ0) is 11.7. The highest BCUT2D eigenvalue weighted by Gasteiger charge is 2.23. The second-order valence-corrected chi connectivity index (χ2v) is 3.80. The fourth-order valence-electron chi connectivity index (χ4n) is 1.61. The number of carbonyl (C=O) groups is 2. The molecule has 1 heterocycles. The number of rotatable bonds is 1. The predicted octanol–water partition coefficient (Wildman–Crippen LogP) is 1.38. The predicted molar refractivity (Wildman–Crippen MR) is 59.7 cm³/mol. The van der Waals surface area contributed by atoms with Crippen LogP contribution in [-0.4, -0.2) is 23.5 Å². The summed E-state index contributed by atoms with van der Waals surface area (Å²) in [7, 11) is 0. The number of fused-ring (bicyclic) bond motifs is 1. The molecule has 1 aromatic rings. The number of hydrogen-bond acceptors (Lipinski definition) is 3. The molecular formula is C11H12N2O3. The molecule has 5 heteroatoms. The van der Waals surface area contributed by atoms with E-state index in [1.165, 1.54) is 6.07 Å². The zero-order valence-corrected chi connectivity index (χ0v) is 8.78. The Morgan fingerprint density at radius 1 is 1.50 bits per heavy atom. The maximum Gasteiger partial charge on any atom is 0.337 e. The lowest BCUT2D eigenvalue weighted by Gasteiger charge is -2.09. The highest BCUT2D eigenvalue weighted by molar-refractivity contribution is 6.05. The van der Waals surface area contributed by atoms with E-state index in [1.54, 1.807) is 19.1 Å². The summed E-state index contributed by atoms with van der Waals surface area (Å²) in [6.07, 6.45) is 0. The van der Waals surface area contributed by atoms with E-state index in [0.29, 0.717) is 17.9 Å². The topological polar surface area (TPSA) is 78.4 Å². The average Bonchev–Trinajstić information content (AvgIpc) is 2.39. The van der Waals surface area contributed by atoms with Crippen LogP contribution in [0.3, 0.4) is 0 Å². The SMILES string of the molecule is CC1CNc2cccc(C(=O)O)c2NC1=O. The molecule has 1 aliphatic heterocycles. The maximum atomic E-state index is 11.6. The van der Waals surface area contributed by atoms with Gasteiger partial charge in [-0.05, 0) is 12.1 Å². The van der Waals surface area contributed by atoms with Crippen molar-refractivity contribution in [2.24, 2.45) is 5.92 Å². The van der Waals surface area contributed by atoms with Crippen LogP contribution in [0.25, 0.3) is 0 Å². The van der Waals surface area contributed by atoms with Gasteiger partial charge in [0.1, 0.15) is 0 Å². The molecule has 2 rings (SSSR count). The number of amides is 1. The lowest BCUT2D eigenvalue weighted by Crippen LogP contribution is -2.23. The third-order valence-corrected chi connectivity index (χ3v) is 2.59. The van der Waals surface area contributed by atoms with Crippen molar-refractivity contribution in [2.75, 3.05) is 17.2 Å². The quantitative estimate of drug-likeness (QED) is 0.668. The van der Waals surface area contributed by atoms with E-state index in [2.05, 4.69) is 10.6 Å². The summed E-state index contributed by atoms with van der Waals surface area (Å²) in [5.74, 6) is -1.40. The monoisotopic (exact) mass is 220 g/mol. The first kappa shape index (κ1) is 10.5. The summed E-state index contributed by atoms with van der Waals surface area (Å²) >= 11 is 0. The van der Waals surface area contributed by atoms with Crippen molar-refractivity contribution in [1.29, 1.82) is 0 Å². The van der Waals surface area contributed by atoms with Crippen LogP contribution < -0.4 is 10.6 Å². The van der Waals surface area contributed by atoms with Gasteiger partial charge < -0.3 is 15.7 Å². The summed E-state index contributed by atoms with van der Waals surface area (Å²) in [4.78, 5) is 22.6. The molecule has 1 amide bonds. The standard InChI is InChI=1S/C11H12N2O3/c1-6-5-12-8-4-2-3-7(11(15)16)9(8)13-10(6)14/h2-4,6,12H,5H2,1H3,(H,13,14)(H,15,16). The molecule has 0 saturated carbocycles. The van der Waals surface area contributed by atoms with Crippen LogP contribution in [0.4, 0.5) is 11.4 Å². The Morgan fingerprint density at radius 2 is 2.25 bits per heavy atom. The second kappa shape index (κ2) is 3.84. The van der Waals surface area contributed by atoms with Gasteiger partial charge in [-0.15, -0.1) is 0 Å². The van der Waals surface area contributed by atoms with Crippen molar-refractivity contribution < 1.29 is 14.7 Å². The van der Waals surface area contributed by atoms with E-state index in [4.69, 9.17) is 5.11 Å². The molecule has 0 radical (unpaired) electrons. The van der Waals surface area contributed by atoms with Crippen molar-refractivity contribution in [3.05, 3.63) is 23.8 Å². The highest BCUT2D eigenvalue weighted by atomic mass is 16.4. The molecule has 16 heavy (non-hydrogen) atoms. The highest BCUT2D eigenvalue weighted by Crippen LogP contribution is 2.29. The summed E-state index contributed by atoms with van der Waals surface area (Å²) < 4.78 is 0. The molecule has 0 bridgehead atoms. The van der Waals surface area contributed by atoms with Gasteiger partial charge in [-0.2, -0.15) is 0 Å². The first-order chi connectivity index (χ1) is 7.59. The molecule has 3 N–H and O–H groups in total. The molecule has 0 aliphatic carbocycles. The van der Waals surface area contributed by atoms with Gasteiger partial charge in [0.25, 0.3) is 0 Å². The minimum atomic E-state index is -1.05. The van der Waals surface area contributed by atoms with E-state index in [1.807, 2.05) is 0 Å². The number of para-hydroxylation sites is 1. The van der Waals surface area contributed by atoms with Crippen molar-refractivity contribution in [1.82, 2.24) is 0 Å². The van der Waals surface area contributed by atoms with Crippen molar-refractivity contribution in [3.63, 3.8) is 0 Å². The number of carbonyl (C=O) groups excluding carboxylic acids is 1. The summed E-state index contributed by atoms with van der Waals surface area (Å²) in [6, 6.07) is 4.87. The number of anilines is 2. The molecule has 1 unspecified atom stereocenters. The van der Waals surface area contributed by atoms with Gasteiger partial charge >= 0.3 is 5.97 Å². The maximum absolute atomic E-state index is 11.6. The van der Waals surface area contributed by atoms with Crippen LogP contribution in [0.1, 0.15) is 17.3 Å². The van der Waals surface area contributed by atoms with Crippen LogP contribution in [0.5, 0.6) is 0 Å². The van der Waals surface area contributed by atoms with Crippen molar-refractivity contribution >= 4 is 23.3 Å². The second-order valence-electron chi connectivity index (χ2n) is 3.80. The Kier molecular flexibility index (Phi) is 2.52. The van der Waals surface area contributed by atoms with Crippen LogP contribution >= 0.6 is 0 Å². The van der Waals surface area contributed by atoms with E-state index in [0.717, 1.165) is 0 Å². The normalized spacial score (nSPS) is 19.1. The fraction of sp³-hybridized carbons (Fsp3) is 0.273. The van der Waals surface area contributed by atoms with Gasteiger partial charge in [0.15, 0.2) is 0 Å². The largest absolute Gasteiger partial charge is 0.478 e. The first-order valence-electron chi connectivity index (χ1n) is 5.00. The molecule has 0 aromatic heterocycles. The first-order valence-corrected chi connectivity index (χ1v) is 5.00. The summed E-state index contributed by atoms with van der Waals surface area (Å²) in [6.45, 7) is 2.29. The van der Waals surface area contributed by atoms with Crippen LogP contribution in [0.2, 0.25) is 0 Å². The van der Waals surface area contributed by atoms with Crippen molar-refractivity contribution in [3.8, 4) is 0 Å². The molecule has 0 saturated heterocycles. The van der Waals surface area contributed by atoms with E-state index < -0.39 is 5.97 Å². The van der Waals surface area contributed by atoms with Gasteiger partial charge in [-0.25, -0.2) is 4.79 Å². The number of carboxylic acid groups (broad SMARTS) is 1. The third kappa shape index (κ3) is 1.71. The minimum Gasteiger partial charge on any atom is -0.478 e. The van der Waals surface area contributed by atoms with Crippen molar-refractivity contribution in [2.45, 2.75) is 6.92 Å². The summed E-state index contributed by atoms with van der Waals surface area (Å²) in [5.41, 5.74) is 1.11.